The zero-order valence-electron chi connectivity index (χ0n) is 40.6. The van der Waals surface area contributed by atoms with E-state index in [1.165, 1.54) is 33.5 Å². The topological polar surface area (TPSA) is 279 Å². The second-order valence-corrected chi connectivity index (χ2v) is 18.0. The van der Waals surface area contributed by atoms with Crippen LogP contribution in [0.15, 0.2) is 36.4 Å². The minimum atomic E-state index is -1.51. The molecule has 8 N–H and O–H groups in total. The molecule has 0 unspecified atom stereocenters. The third-order valence-electron chi connectivity index (χ3n) is 10.9. The molecule has 1 fully saturated rings. The molecule has 6 atom stereocenters. The number of carbonyl (C=O) groups excluding carboxylic acids is 6. The van der Waals surface area contributed by atoms with Gasteiger partial charge in [0.15, 0.2) is 6.29 Å². The van der Waals surface area contributed by atoms with Gasteiger partial charge in [0.25, 0.3) is 5.91 Å². The van der Waals surface area contributed by atoms with E-state index in [1.54, 1.807) is 39.0 Å². The van der Waals surface area contributed by atoms with Gasteiger partial charge in [-0.15, -0.1) is 0 Å². The van der Waals surface area contributed by atoms with Crippen molar-refractivity contribution in [2.24, 2.45) is 0 Å². The first-order valence-electron chi connectivity index (χ1n) is 23.4. The van der Waals surface area contributed by atoms with E-state index in [0.717, 1.165) is 31.2 Å². The van der Waals surface area contributed by atoms with E-state index in [1.807, 2.05) is 6.07 Å². The highest BCUT2D eigenvalue weighted by Gasteiger charge is 2.45. The molecule has 3 rings (SSSR count). The minimum Gasteiger partial charge on any atom is -0.496 e. The number of ether oxygens (including phenoxy) is 6. The van der Waals surface area contributed by atoms with Crippen LogP contribution in [0.5, 0.6) is 11.5 Å². The monoisotopic (exact) mass is 993 g/mol. The van der Waals surface area contributed by atoms with Crippen molar-refractivity contribution in [3.63, 3.8) is 0 Å². The Kier molecular flexibility index (Phi) is 25.6. The van der Waals surface area contributed by atoms with E-state index >= 15 is 0 Å². The van der Waals surface area contributed by atoms with Gasteiger partial charge >= 0.3 is 12.1 Å². The molecule has 69 heavy (non-hydrogen) atoms. The standard InChI is InChI=1S/C48H72ClN5O15/c1-48(2,3)69-47(63)53-34(45(62)65-5)19-13-15-24-51-39(57)21-12-9-14-23-50-38(56)20-10-7-8-11-22-40(58)52-31-18-16-17-30(25-31)29-67-36-27-35(64-4)32(26-33(36)49)44(61)54-41-43(60)42(59)37(28-55)68-46(41)66-6/h16-18,25-27,34,37,41-43,46,55,59-60H,7-15,19-24,28-29H2,1-6H3,(H,50,56)(H,51,57)(H,52,58)(H,53,63)(H,54,61)/t34-,37+,41+,42+,43+,46-/m0/s1. The summed E-state index contributed by atoms with van der Waals surface area (Å²) in [6.45, 7) is 5.67. The van der Waals surface area contributed by atoms with Crippen molar-refractivity contribution in [1.82, 2.24) is 21.3 Å². The Labute approximate surface area is 409 Å². The van der Waals surface area contributed by atoms with Gasteiger partial charge in [0.2, 0.25) is 17.7 Å². The molecule has 0 aromatic heterocycles. The number of carbonyl (C=O) groups is 6. The molecular weight excluding hydrogens is 922 g/mol. The third kappa shape index (κ3) is 21.1. The van der Waals surface area contributed by atoms with Crippen LogP contribution < -0.4 is 36.1 Å². The molecule has 1 heterocycles. The molecule has 0 aliphatic carbocycles. The number of aliphatic hydroxyl groups is 3. The summed E-state index contributed by atoms with van der Waals surface area (Å²) in [5.74, 6) is -1.17. The zero-order chi connectivity index (χ0) is 50.9. The number of amides is 5. The molecule has 0 radical (unpaired) electrons. The van der Waals surface area contributed by atoms with Gasteiger partial charge in [-0.2, -0.15) is 0 Å². The summed E-state index contributed by atoms with van der Waals surface area (Å²) < 4.78 is 32.1. The van der Waals surface area contributed by atoms with Crippen LogP contribution in [-0.2, 0) is 44.7 Å². The van der Waals surface area contributed by atoms with Crippen LogP contribution in [0.2, 0.25) is 5.02 Å². The number of benzene rings is 2. The molecule has 0 spiro atoms. The van der Waals surface area contributed by atoms with Crippen molar-refractivity contribution < 1.29 is 72.5 Å². The second-order valence-electron chi connectivity index (χ2n) is 17.6. The largest absolute Gasteiger partial charge is 0.496 e. The van der Waals surface area contributed by atoms with Crippen molar-refractivity contribution in [3.05, 3.63) is 52.5 Å². The van der Waals surface area contributed by atoms with Crippen LogP contribution in [0, 0.1) is 0 Å². The number of hydrogen-bond donors (Lipinski definition) is 8. The number of hydrogen-bond acceptors (Lipinski definition) is 15. The maximum Gasteiger partial charge on any atom is 0.408 e. The van der Waals surface area contributed by atoms with E-state index in [2.05, 4.69) is 26.6 Å². The molecule has 1 aliphatic heterocycles. The average molecular weight is 995 g/mol. The summed E-state index contributed by atoms with van der Waals surface area (Å²) in [5.41, 5.74) is 0.631. The number of unbranched alkanes of at least 4 members (excludes halogenated alkanes) is 6. The second kappa shape index (κ2) is 30.4. The first-order chi connectivity index (χ1) is 32.9. The predicted octanol–water partition coefficient (Wildman–Crippen LogP) is 4.42. The van der Waals surface area contributed by atoms with Gasteiger partial charge in [0, 0.05) is 51.2 Å². The Morgan fingerprint density at radius 3 is 2.00 bits per heavy atom. The summed E-state index contributed by atoms with van der Waals surface area (Å²) in [6, 6.07) is 7.89. The molecular formula is C48H72ClN5O15. The van der Waals surface area contributed by atoms with Crippen LogP contribution >= 0.6 is 11.6 Å². The molecule has 0 bridgehead atoms. The average Bonchev–Trinajstić information content (AvgIpc) is 3.30. The number of esters is 1. The predicted molar refractivity (Wildman–Crippen MR) is 255 cm³/mol. The normalized spacial score (nSPS) is 18.3. The van der Waals surface area contributed by atoms with Gasteiger partial charge in [0.1, 0.15) is 54.1 Å². The highest BCUT2D eigenvalue weighted by atomic mass is 35.5. The highest BCUT2D eigenvalue weighted by Crippen LogP contribution is 2.34. The molecule has 21 heteroatoms. The van der Waals surface area contributed by atoms with Gasteiger partial charge in [-0.3, -0.25) is 19.2 Å². The first kappa shape index (κ1) is 58.1. The van der Waals surface area contributed by atoms with Crippen molar-refractivity contribution >= 4 is 53.0 Å². The van der Waals surface area contributed by atoms with Crippen LogP contribution in [0.25, 0.3) is 0 Å². The van der Waals surface area contributed by atoms with Gasteiger partial charge < -0.3 is 70.3 Å². The fourth-order valence-electron chi connectivity index (χ4n) is 7.24. The molecule has 386 valence electrons. The van der Waals surface area contributed by atoms with Gasteiger partial charge in [-0.05, 0) is 89.5 Å². The van der Waals surface area contributed by atoms with Gasteiger partial charge in [0.05, 0.1) is 31.4 Å². The Morgan fingerprint density at radius 1 is 0.783 bits per heavy atom. The van der Waals surface area contributed by atoms with E-state index in [9.17, 15) is 44.1 Å². The Balaban J connectivity index is 1.26. The van der Waals surface area contributed by atoms with Crippen LogP contribution in [0.3, 0.4) is 0 Å². The Morgan fingerprint density at radius 2 is 1.41 bits per heavy atom. The molecule has 1 saturated heterocycles. The molecule has 20 nitrogen and oxygen atoms in total. The van der Waals surface area contributed by atoms with E-state index in [-0.39, 0.29) is 46.4 Å². The fourth-order valence-corrected chi connectivity index (χ4v) is 7.46. The summed E-state index contributed by atoms with van der Waals surface area (Å²) in [5, 5.41) is 44.3. The summed E-state index contributed by atoms with van der Waals surface area (Å²) in [6.07, 6.45) is 1.88. The molecule has 5 amide bonds. The van der Waals surface area contributed by atoms with E-state index in [0.29, 0.717) is 76.6 Å². The number of anilines is 1. The molecule has 0 saturated carbocycles. The number of methoxy groups -OCH3 is 3. The van der Waals surface area contributed by atoms with Crippen molar-refractivity contribution in [3.8, 4) is 11.5 Å². The number of halogens is 1. The summed E-state index contributed by atoms with van der Waals surface area (Å²) in [4.78, 5) is 74.7. The van der Waals surface area contributed by atoms with E-state index < -0.39 is 66.9 Å². The molecule has 1 aliphatic rings. The lowest BCUT2D eigenvalue weighted by Gasteiger charge is -2.41. The zero-order valence-corrected chi connectivity index (χ0v) is 41.3. The van der Waals surface area contributed by atoms with Gasteiger partial charge in [-0.1, -0.05) is 43.0 Å². The first-order valence-corrected chi connectivity index (χ1v) is 23.7. The maximum atomic E-state index is 13.3. The summed E-state index contributed by atoms with van der Waals surface area (Å²) in [7, 11) is 3.91. The van der Waals surface area contributed by atoms with Crippen molar-refractivity contribution in [2.75, 3.05) is 46.3 Å². The number of nitrogens with one attached hydrogen (secondary N) is 5. The number of alkyl carbamates (subject to hydrolysis) is 1. The lowest BCUT2D eigenvalue weighted by atomic mass is 9.96. The van der Waals surface area contributed by atoms with Crippen LogP contribution in [0.1, 0.15) is 120 Å². The lowest BCUT2D eigenvalue weighted by Crippen LogP contribution is -2.64. The Hall–Kier alpha value is -5.25. The third-order valence-corrected chi connectivity index (χ3v) is 11.2. The number of aliphatic hydroxyl groups excluding tert-OH is 3. The van der Waals surface area contributed by atoms with Crippen LogP contribution in [0.4, 0.5) is 10.5 Å². The lowest BCUT2D eigenvalue weighted by molar-refractivity contribution is -0.261. The molecule has 2 aromatic rings. The number of rotatable bonds is 29. The molecule has 2 aromatic carbocycles. The smallest absolute Gasteiger partial charge is 0.408 e. The fraction of sp³-hybridized carbons (Fsp3) is 0.625. The van der Waals surface area contributed by atoms with Gasteiger partial charge in [-0.25, -0.2) is 9.59 Å². The summed E-state index contributed by atoms with van der Waals surface area (Å²) >= 11 is 6.51. The van der Waals surface area contributed by atoms with E-state index in [4.69, 9.17) is 40.0 Å². The van der Waals surface area contributed by atoms with Crippen LogP contribution in [-0.4, -0.2) is 134 Å². The van der Waals surface area contributed by atoms with Crippen molar-refractivity contribution in [1.29, 1.82) is 0 Å². The van der Waals surface area contributed by atoms with Crippen molar-refractivity contribution in [2.45, 2.75) is 153 Å². The quantitative estimate of drug-likeness (QED) is 0.0414. The Bertz CT molecular complexity index is 1970. The minimum absolute atomic E-state index is 0.0144. The SMILES string of the molecule is COC(=O)[C@H](CCCCNC(=O)CCCCCNC(=O)CCCCCCC(=O)Nc1cccc(COc2cc(OC)c(C(=O)N[C@H]3[C@@H](OC)O[C@H](CO)[C@@H](O)[C@@H]3O)cc2Cl)c1)NC(=O)OC(C)(C)C. The maximum absolute atomic E-state index is 13.3. The highest BCUT2D eigenvalue weighted by molar-refractivity contribution is 6.32.